The van der Waals surface area contributed by atoms with Crippen LogP contribution in [0.3, 0.4) is 0 Å². The Kier molecular flexibility index (Phi) is 6.72. The maximum Gasteiger partial charge on any atom is 0.0642 e. The lowest BCUT2D eigenvalue weighted by Crippen LogP contribution is -1.97. The molecule has 0 fully saturated rings. The predicted octanol–water partition coefficient (Wildman–Crippen LogP) is 1.50. The van der Waals surface area contributed by atoms with Crippen LogP contribution in [0.25, 0.3) is 0 Å². The molecule has 2 N–H and O–H groups in total. The van der Waals surface area contributed by atoms with Crippen LogP contribution in [0.5, 0.6) is 0 Å². The minimum absolute atomic E-state index is 0.111. The van der Waals surface area contributed by atoms with E-state index in [2.05, 4.69) is 0 Å². The Balaban J connectivity index is 3.62. The highest BCUT2D eigenvalue weighted by Gasteiger charge is 1.93. The van der Waals surface area contributed by atoms with Gasteiger partial charge in [-0.25, -0.2) is 0 Å². The Morgan fingerprint density at radius 3 is 2.58 bits per heavy atom. The first-order valence-corrected chi connectivity index (χ1v) is 4.24. The van der Waals surface area contributed by atoms with Gasteiger partial charge in [0, 0.05) is 6.61 Å². The molecule has 0 aromatic carbocycles. The van der Waals surface area contributed by atoms with Crippen LogP contribution in [-0.4, -0.2) is 23.4 Å². The summed E-state index contributed by atoms with van der Waals surface area (Å²) in [7, 11) is 0. The van der Waals surface area contributed by atoms with Gasteiger partial charge in [-0.1, -0.05) is 25.2 Å². The fraction of sp³-hybridized carbons (Fsp3) is 0.600. The van der Waals surface area contributed by atoms with Crippen LogP contribution in [-0.2, 0) is 0 Å². The third kappa shape index (κ3) is 6.13. The third-order valence-corrected chi connectivity index (χ3v) is 1.62. The minimum atomic E-state index is 0.111. The zero-order valence-electron chi connectivity index (χ0n) is 7.83. The van der Waals surface area contributed by atoms with Gasteiger partial charge < -0.3 is 10.2 Å². The molecule has 2 heteroatoms. The van der Waals surface area contributed by atoms with Crippen molar-refractivity contribution >= 4 is 0 Å². The van der Waals surface area contributed by atoms with Crippen LogP contribution in [0, 0.1) is 5.92 Å². The summed E-state index contributed by atoms with van der Waals surface area (Å²) in [6.07, 6.45) is 6.67. The normalized spacial score (nSPS) is 15.5. The van der Waals surface area contributed by atoms with Crippen LogP contribution < -0.4 is 0 Å². The highest BCUT2D eigenvalue weighted by Crippen LogP contribution is 2.01. The van der Waals surface area contributed by atoms with Crippen molar-refractivity contribution < 1.29 is 10.2 Å². The van der Waals surface area contributed by atoms with E-state index in [9.17, 15) is 0 Å². The van der Waals surface area contributed by atoms with Gasteiger partial charge in [-0.3, -0.25) is 0 Å². The van der Waals surface area contributed by atoms with E-state index in [1.54, 1.807) is 0 Å². The fourth-order valence-corrected chi connectivity index (χ4v) is 0.670. The van der Waals surface area contributed by atoms with Crippen LogP contribution in [0.4, 0.5) is 0 Å². The second-order valence-electron chi connectivity index (χ2n) is 3.12. The largest absolute Gasteiger partial charge is 0.396 e. The molecule has 0 saturated carbocycles. The van der Waals surface area contributed by atoms with Gasteiger partial charge in [0.15, 0.2) is 0 Å². The van der Waals surface area contributed by atoms with Crippen LogP contribution in [0.1, 0.15) is 20.3 Å². The molecule has 0 saturated heterocycles. The van der Waals surface area contributed by atoms with E-state index in [0.29, 0.717) is 5.92 Å². The van der Waals surface area contributed by atoms with Crippen molar-refractivity contribution in [2.24, 2.45) is 5.92 Å². The Labute approximate surface area is 74.2 Å². The molecule has 0 aliphatic rings. The van der Waals surface area contributed by atoms with E-state index in [4.69, 9.17) is 10.2 Å². The molecule has 0 aromatic rings. The smallest absolute Gasteiger partial charge is 0.0642 e. The van der Waals surface area contributed by atoms with Crippen molar-refractivity contribution in [3.05, 3.63) is 23.8 Å². The molecule has 0 aliphatic carbocycles. The number of allylic oxidation sites excluding steroid dienone is 3. The molecule has 0 spiro atoms. The van der Waals surface area contributed by atoms with Gasteiger partial charge >= 0.3 is 0 Å². The average molecular weight is 170 g/mol. The molecule has 2 nitrogen and oxygen atoms in total. The monoisotopic (exact) mass is 170 g/mol. The zero-order chi connectivity index (χ0) is 9.40. The van der Waals surface area contributed by atoms with Gasteiger partial charge in [0.25, 0.3) is 0 Å². The number of aliphatic hydroxyl groups is 2. The summed E-state index contributed by atoms with van der Waals surface area (Å²) in [5, 5.41) is 17.3. The molecular weight excluding hydrogens is 152 g/mol. The quantitative estimate of drug-likeness (QED) is 0.614. The molecule has 12 heavy (non-hydrogen) atoms. The van der Waals surface area contributed by atoms with Gasteiger partial charge in [0.1, 0.15) is 0 Å². The number of hydrogen-bond acceptors (Lipinski definition) is 2. The highest BCUT2D eigenvalue weighted by atomic mass is 16.3. The van der Waals surface area contributed by atoms with E-state index < -0.39 is 0 Å². The summed E-state index contributed by atoms with van der Waals surface area (Å²) in [6.45, 7) is 4.21. The molecule has 0 radical (unpaired) electrons. The Morgan fingerprint density at radius 1 is 1.42 bits per heavy atom. The molecule has 0 rings (SSSR count). The van der Waals surface area contributed by atoms with E-state index in [1.807, 2.05) is 32.1 Å². The van der Waals surface area contributed by atoms with E-state index in [1.165, 1.54) is 0 Å². The summed E-state index contributed by atoms with van der Waals surface area (Å²) in [6, 6.07) is 0. The molecule has 0 heterocycles. The Morgan fingerprint density at radius 2 is 2.08 bits per heavy atom. The summed E-state index contributed by atoms with van der Waals surface area (Å²) in [5.41, 5.74) is 0.947. The van der Waals surface area contributed by atoms with E-state index >= 15 is 0 Å². The standard InChI is InChI=1S/C10H18O2/c1-9(7-11)5-3-4-6-10(2)8-12/h3-5,10-12H,6-8H2,1-2H3. The number of hydrogen-bond donors (Lipinski definition) is 2. The lowest BCUT2D eigenvalue weighted by molar-refractivity contribution is 0.239. The lowest BCUT2D eigenvalue weighted by atomic mass is 10.1. The molecule has 1 unspecified atom stereocenters. The fourth-order valence-electron chi connectivity index (χ4n) is 0.670. The van der Waals surface area contributed by atoms with Crippen molar-refractivity contribution in [3.8, 4) is 0 Å². The SMILES string of the molecule is CC(=CC=CCC(C)CO)CO. The second-order valence-corrected chi connectivity index (χ2v) is 3.12. The Bertz CT molecular complexity index is 159. The molecule has 0 aromatic heterocycles. The predicted molar refractivity (Wildman–Crippen MR) is 50.8 cm³/mol. The Hall–Kier alpha value is -0.600. The van der Waals surface area contributed by atoms with Crippen LogP contribution >= 0.6 is 0 Å². The first-order chi connectivity index (χ1) is 5.70. The molecule has 0 aliphatic heterocycles. The number of rotatable bonds is 5. The van der Waals surface area contributed by atoms with Gasteiger partial charge in [0.05, 0.1) is 6.61 Å². The summed E-state index contributed by atoms with van der Waals surface area (Å²) in [4.78, 5) is 0. The second kappa shape index (κ2) is 7.07. The number of aliphatic hydroxyl groups excluding tert-OH is 2. The zero-order valence-corrected chi connectivity index (χ0v) is 7.83. The van der Waals surface area contributed by atoms with Crippen LogP contribution in [0.2, 0.25) is 0 Å². The van der Waals surface area contributed by atoms with Crippen molar-refractivity contribution in [1.29, 1.82) is 0 Å². The van der Waals surface area contributed by atoms with Crippen molar-refractivity contribution in [2.45, 2.75) is 20.3 Å². The summed E-state index contributed by atoms with van der Waals surface area (Å²) < 4.78 is 0. The maximum atomic E-state index is 8.70. The first-order valence-electron chi connectivity index (χ1n) is 4.24. The summed E-state index contributed by atoms with van der Waals surface area (Å²) >= 11 is 0. The molecule has 0 bridgehead atoms. The van der Waals surface area contributed by atoms with Gasteiger partial charge in [-0.15, -0.1) is 0 Å². The summed E-state index contributed by atoms with van der Waals surface area (Å²) in [5.74, 6) is 0.323. The topological polar surface area (TPSA) is 40.5 Å². The van der Waals surface area contributed by atoms with E-state index in [-0.39, 0.29) is 13.2 Å². The van der Waals surface area contributed by atoms with Gasteiger partial charge in [-0.2, -0.15) is 0 Å². The maximum absolute atomic E-state index is 8.70. The molecule has 0 amide bonds. The van der Waals surface area contributed by atoms with Gasteiger partial charge in [-0.05, 0) is 24.8 Å². The lowest BCUT2D eigenvalue weighted by Gasteiger charge is -2.00. The van der Waals surface area contributed by atoms with Gasteiger partial charge in [0.2, 0.25) is 0 Å². The van der Waals surface area contributed by atoms with Crippen molar-refractivity contribution in [3.63, 3.8) is 0 Å². The van der Waals surface area contributed by atoms with Crippen molar-refractivity contribution in [1.82, 2.24) is 0 Å². The highest BCUT2D eigenvalue weighted by molar-refractivity contribution is 5.10. The third-order valence-electron chi connectivity index (χ3n) is 1.62. The van der Waals surface area contributed by atoms with Crippen LogP contribution in [0.15, 0.2) is 23.8 Å². The first kappa shape index (κ1) is 11.4. The molecule has 1 atom stereocenters. The van der Waals surface area contributed by atoms with E-state index in [0.717, 1.165) is 12.0 Å². The van der Waals surface area contributed by atoms with Crippen molar-refractivity contribution in [2.75, 3.05) is 13.2 Å². The molecule has 70 valence electrons. The average Bonchev–Trinajstić information content (AvgIpc) is 2.11. The molecular formula is C10H18O2. The minimum Gasteiger partial charge on any atom is -0.396 e.